The highest BCUT2D eigenvalue weighted by molar-refractivity contribution is 5.14. The summed E-state index contributed by atoms with van der Waals surface area (Å²) in [5, 5.41) is 0. The van der Waals surface area contributed by atoms with Gasteiger partial charge in [-0.3, -0.25) is 0 Å². The van der Waals surface area contributed by atoms with Crippen LogP contribution in [0.2, 0.25) is 0 Å². The van der Waals surface area contributed by atoms with E-state index in [2.05, 4.69) is 24.3 Å². The summed E-state index contributed by atoms with van der Waals surface area (Å²) >= 11 is 0. The summed E-state index contributed by atoms with van der Waals surface area (Å²) in [6.07, 6.45) is 0. The lowest BCUT2D eigenvalue weighted by atomic mass is 10.1. The summed E-state index contributed by atoms with van der Waals surface area (Å²) < 4.78 is 14.0. The van der Waals surface area contributed by atoms with Gasteiger partial charge < -0.3 is 4.90 Å². The molecule has 2 aromatic carbocycles. The van der Waals surface area contributed by atoms with E-state index in [1.165, 1.54) is 16.0 Å². The van der Waals surface area contributed by atoms with E-state index in [1.807, 2.05) is 36.4 Å². The van der Waals surface area contributed by atoms with Gasteiger partial charge in [0.2, 0.25) is 0 Å². The molecule has 0 unspecified atom stereocenters. The summed E-state index contributed by atoms with van der Waals surface area (Å²) in [5.41, 5.74) is 1.35. The maximum absolute atomic E-state index is 14.0. The molecule has 20 heavy (non-hydrogen) atoms. The van der Waals surface area contributed by atoms with E-state index in [0.29, 0.717) is 6.54 Å². The molecular formula is C18H23FN+. The standard InChI is InChI=1S/C18H22FN/c1-18(2,19)15-20(13-16-9-5-3-6-10-16)14-17-11-7-4-8-12-17/h3-12H,13-15H2,1-2H3/p+1. The molecular weight excluding hydrogens is 249 g/mol. The van der Waals surface area contributed by atoms with E-state index < -0.39 is 5.67 Å². The Morgan fingerprint density at radius 2 is 1.20 bits per heavy atom. The largest absolute Gasteiger partial charge is 0.325 e. The van der Waals surface area contributed by atoms with Crippen molar-refractivity contribution in [2.75, 3.05) is 6.54 Å². The SMILES string of the molecule is CC(C)(F)C[NH+](Cc1ccccc1)Cc1ccccc1. The van der Waals surface area contributed by atoms with Crippen LogP contribution in [0.3, 0.4) is 0 Å². The summed E-state index contributed by atoms with van der Waals surface area (Å²) in [5.74, 6) is 0. The van der Waals surface area contributed by atoms with Crippen LogP contribution in [0.25, 0.3) is 0 Å². The number of hydrogen-bond acceptors (Lipinski definition) is 0. The van der Waals surface area contributed by atoms with Gasteiger partial charge in [-0.05, 0) is 13.8 Å². The Kier molecular flexibility index (Phi) is 4.91. The molecule has 0 bridgehead atoms. The van der Waals surface area contributed by atoms with Crippen LogP contribution < -0.4 is 4.90 Å². The fourth-order valence-corrected chi connectivity index (χ4v) is 2.55. The second-order valence-corrected chi connectivity index (χ2v) is 5.97. The molecule has 0 fully saturated rings. The molecule has 1 N–H and O–H groups in total. The Labute approximate surface area is 121 Å². The van der Waals surface area contributed by atoms with Crippen LogP contribution in [0.5, 0.6) is 0 Å². The van der Waals surface area contributed by atoms with E-state index in [9.17, 15) is 4.39 Å². The van der Waals surface area contributed by atoms with Gasteiger partial charge in [-0.15, -0.1) is 0 Å². The first-order chi connectivity index (χ1) is 9.53. The third-order valence-electron chi connectivity index (χ3n) is 3.26. The Bertz CT molecular complexity index is 460. The maximum atomic E-state index is 14.0. The zero-order valence-corrected chi connectivity index (χ0v) is 12.3. The normalized spacial score (nSPS) is 11.8. The van der Waals surface area contributed by atoms with Crippen LogP contribution in [0.1, 0.15) is 25.0 Å². The van der Waals surface area contributed by atoms with Crippen molar-refractivity contribution >= 4 is 0 Å². The van der Waals surface area contributed by atoms with Crippen LogP contribution >= 0.6 is 0 Å². The molecule has 0 atom stereocenters. The molecule has 0 spiro atoms. The molecule has 2 heteroatoms. The zero-order valence-electron chi connectivity index (χ0n) is 12.3. The van der Waals surface area contributed by atoms with Crippen molar-refractivity contribution in [3.05, 3.63) is 71.8 Å². The highest BCUT2D eigenvalue weighted by Gasteiger charge is 2.24. The van der Waals surface area contributed by atoms with Gasteiger partial charge in [0.25, 0.3) is 0 Å². The number of alkyl halides is 1. The van der Waals surface area contributed by atoms with Gasteiger partial charge in [0, 0.05) is 11.1 Å². The van der Waals surface area contributed by atoms with E-state index in [4.69, 9.17) is 0 Å². The minimum Gasteiger partial charge on any atom is -0.325 e. The third-order valence-corrected chi connectivity index (χ3v) is 3.26. The van der Waals surface area contributed by atoms with Crippen LogP contribution in [0.4, 0.5) is 4.39 Å². The smallest absolute Gasteiger partial charge is 0.153 e. The summed E-state index contributed by atoms with van der Waals surface area (Å²) in [4.78, 5) is 1.25. The Hall–Kier alpha value is -1.67. The topological polar surface area (TPSA) is 4.44 Å². The molecule has 2 aromatic rings. The minimum atomic E-state index is -1.15. The van der Waals surface area contributed by atoms with Gasteiger partial charge in [-0.25, -0.2) is 4.39 Å². The first-order valence-corrected chi connectivity index (χ1v) is 7.13. The third kappa shape index (κ3) is 5.14. The highest BCUT2D eigenvalue weighted by Crippen LogP contribution is 2.05. The number of benzene rings is 2. The molecule has 0 heterocycles. The van der Waals surface area contributed by atoms with Gasteiger partial charge in [0.05, 0.1) is 0 Å². The second kappa shape index (κ2) is 6.67. The summed E-state index contributed by atoms with van der Waals surface area (Å²) in [6.45, 7) is 5.52. The molecule has 1 nitrogen and oxygen atoms in total. The van der Waals surface area contributed by atoms with E-state index >= 15 is 0 Å². The van der Waals surface area contributed by atoms with Crippen molar-refractivity contribution in [2.45, 2.75) is 32.6 Å². The molecule has 2 rings (SSSR count). The first kappa shape index (κ1) is 14.7. The van der Waals surface area contributed by atoms with Gasteiger partial charge in [-0.2, -0.15) is 0 Å². The Morgan fingerprint density at radius 1 is 0.800 bits per heavy atom. The second-order valence-electron chi connectivity index (χ2n) is 5.97. The first-order valence-electron chi connectivity index (χ1n) is 7.13. The predicted molar refractivity (Wildman–Crippen MR) is 81.3 cm³/mol. The summed E-state index contributed by atoms with van der Waals surface area (Å²) in [6, 6.07) is 20.6. The Morgan fingerprint density at radius 3 is 1.55 bits per heavy atom. The monoisotopic (exact) mass is 272 g/mol. The molecule has 0 aliphatic heterocycles. The lowest BCUT2D eigenvalue weighted by Gasteiger charge is -2.25. The van der Waals surface area contributed by atoms with E-state index in [1.54, 1.807) is 13.8 Å². The average molecular weight is 272 g/mol. The van der Waals surface area contributed by atoms with Gasteiger partial charge >= 0.3 is 0 Å². The number of halogens is 1. The molecule has 0 radical (unpaired) electrons. The van der Waals surface area contributed by atoms with Crippen molar-refractivity contribution in [3.63, 3.8) is 0 Å². The minimum absolute atomic E-state index is 0.511. The van der Waals surface area contributed by atoms with Crippen molar-refractivity contribution in [1.29, 1.82) is 0 Å². The van der Waals surface area contributed by atoms with Crippen LogP contribution in [-0.2, 0) is 13.1 Å². The number of quaternary nitrogens is 1. The molecule has 0 aliphatic rings. The van der Waals surface area contributed by atoms with Crippen LogP contribution in [0.15, 0.2) is 60.7 Å². The van der Waals surface area contributed by atoms with E-state index in [-0.39, 0.29) is 0 Å². The van der Waals surface area contributed by atoms with Gasteiger partial charge in [-0.1, -0.05) is 60.7 Å². The van der Waals surface area contributed by atoms with Crippen molar-refractivity contribution in [1.82, 2.24) is 0 Å². The summed E-state index contributed by atoms with van der Waals surface area (Å²) in [7, 11) is 0. The van der Waals surface area contributed by atoms with E-state index in [0.717, 1.165) is 13.1 Å². The number of hydrogen-bond donors (Lipinski definition) is 1. The van der Waals surface area contributed by atoms with Gasteiger partial charge in [0.1, 0.15) is 19.6 Å². The predicted octanol–water partition coefficient (Wildman–Crippen LogP) is 3.02. The molecule has 0 saturated carbocycles. The zero-order chi connectivity index (χ0) is 14.4. The average Bonchev–Trinajstić information content (AvgIpc) is 2.39. The van der Waals surface area contributed by atoms with Gasteiger partial charge in [0.15, 0.2) is 5.67 Å². The quantitative estimate of drug-likeness (QED) is 0.824. The van der Waals surface area contributed by atoms with Crippen molar-refractivity contribution < 1.29 is 9.29 Å². The van der Waals surface area contributed by atoms with Crippen molar-refractivity contribution in [2.24, 2.45) is 0 Å². The fraction of sp³-hybridized carbons (Fsp3) is 0.333. The molecule has 0 aliphatic carbocycles. The van der Waals surface area contributed by atoms with Crippen LogP contribution in [0, 0.1) is 0 Å². The molecule has 0 aromatic heterocycles. The molecule has 0 amide bonds. The lowest BCUT2D eigenvalue weighted by Crippen LogP contribution is -3.11. The van der Waals surface area contributed by atoms with Crippen molar-refractivity contribution in [3.8, 4) is 0 Å². The number of rotatable bonds is 6. The fourth-order valence-electron chi connectivity index (χ4n) is 2.55. The number of nitrogens with one attached hydrogen (secondary N) is 1. The molecule has 0 saturated heterocycles. The van der Waals surface area contributed by atoms with Crippen LogP contribution in [-0.4, -0.2) is 12.2 Å². The Balaban J connectivity index is 2.08. The lowest BCUT2D eigenvalue weighted by molar-refractivity contribution is -0.932. The highest BCUT2D eigenvalue weighted by atomic mass is 19.1. The maximum Gasteiger partial charge on any atom is 0.153 e. The molecule has 106 valence electrons.